The lowest BCUT2D eigenvalue weighted by atomic mass is 9.93. The van der Waals surface area contributed by atoms with Crippen molar-refractivity contribution in [1.82, 2.24) is 0 Å². The predicted octanol–water partition coefficient (Wildman–Crippen LogP) is 9.83. The summed E-state index contributed by atoms with van der Waals surface area (Å²) in [5.74, 6) is 0.523. The first-order chi connectivity index (χ1) is 19.1. The van der Waals surface area contributed by atoms with Crippen LogP contribution in [0.3, 0.4) is 0 Å². The van der Waals surface area contributed by atoms with Crippen molar-refractivity contribution in [2.75, 3.05) is 11.1 Å². The van der Waals surface area contributed by atoms with Crippen molar-refractivity contribution in [3.8, 4) is 44.5 Å². The first-order valence-corrected chi connectivity index (χ1v) is 13.5. The van der Waals surface area contributed by atoms with Crippen LogP contribution < -0.4 is 11.1 Å². The normalized spacial score (nSPS) is 14.6. The lowest BCUT2D eigenvalue weighted by Gasteiger charge is -2.20. The summed E-state index contributed by atoms with van der Waals surface area (Å²) in [4.78, 5) is 0. The minimum absolute atomic E-state index is 0.523. The quantitative estimate of drug-likeness (QED) is 0.226. The summed E-state index contributed by atoms with van der Waals surface area (Å²) in [6.07, 6.45) is 7.60. The van der Waals surface area contributed by atoms with Crippen molar-refractivity contribution >= 4 is 11.4 Å². The van der Waals surface area contributed by atoms with Gasteiger partial charge in [-0.15, -0.1) is 0 Å². The number of nitrogens with two attached hydrogens (primary N) is 1. The van der Waals surface area contributed by atoms with Crippen LogP contribution in [0.2, 0.25) is 0 Å². The van der Waals surface area contributed by atoms with E-state index in [1.54, 1.807) is 0 Å². The Morgan fingerprint density at radius 3 is 1.87 bits per heavy atom. The number of anilines is 2. The summed E-state index contributed by atoms with van der Waals surface area (Å²) in [7, 11) is 0. The molecule has 1 atom stereocenters. The molecule has 39 heavy (non-hydrogen) atoms. The highest BCUT2D eigenvalue weighted by Gasteiger charge is 2.13. The molecular formula is C37H32N2. The number of nitrogens with one attached hydrogen (secondary N) is 1. The van der Waals surface area contributed by atoms with Gasteiger partial charge < -0.3 is 11.1 Å². The van der Waals surface area contributed by atoms with Gasteiger partial charge in [-0.2, -0.15) is 0 Å². The molecule has 2 heteroatoms. The van der Waals surface area contributed by atoms with E-state index in [0.29, 0.717) is 5.92 Å². The second-order valence-corrected chi connectivity index (χ2v) is 10.3. The SMILES string of the molecule is CC1C=CC=C(Nc2ccc(-c3cccc(-c4ccccc4)c3)cc2-c2cccc(-c3ccc(N)cc3)c2)C1. The van der Waals surface area contributed by atoms with E-state index in [0.717, 1.165) is 23.4 Å². The van der Waals surface area contributed by atoms with Gasteiger partial charge in [0.2, 0.25) is 0 Å². The topological polar surface area (TPSA) is 38.0 Å². The van der Waals surface area contributed by atoms with E-state index in [4.69, 9.17) is 5.73 Å². The number of hydrogen-bond donors (Lipinski definition) is 2. The fraction of sp³-hybridized carbons (Fsp3) is 0.0811. The molecule has 0 aliphatic heterocycles. The van der Waals surface area contributed by atoms with E-state index in [1.165, 1.54) is 44.6 Å². The van der Waals surface area contributed by atoms with E-state index in [-0.39, 0.29) is 0 Å². The van der Waals surface area contributed by atoms with Gasteiger partial charge in [-0.1, -0.05) is 104 Å². The predicted molar refractivity (Wildman–Crippen MR) is 167 cm³/mol. The van der Waals surface area contributed by atoms with Gasteiger partial charge in [0.25, 0.3) is 0 Å². The lowest BCUT2D eigenvalue weighted by Crippen LogP contribution is -2.07. The van der Waals surface area contributed by atoms with Crippen LogP contribution in [-0.4, -0.2) is 0 Å². The number of benzene rings is 5. The zero-order valence-corrected chi connectivity index (χ0v) is 22.1. The molecular weight excluding hydrogens is 472 g/mol. The largest absolute Gasteiger partial charge is 0.399 e. The Bertz CT molecular complexity index is 1660. The van der Waals surface area contributed by atoms with Crippen LogP contribution in [0.15, 0.2) is 145 Å². The summed E-state index contributed by atoms with van der Waals surface area (Å²) in [6.45, 7) is 2.25. The van der Waals surface area contributed by atoms with Gasteiger partial charge >= 0.3 is 0 Å². The molecule has 1 aliphatic rings. The van der Waals surface area contributed by atoms with Crippen molar-refractivity contribution in [3.63, 3.8) is 0 Å². The van der Waals surface area contributed by atoms with E-state index < -0.39 is 0 Å². The molecule has 0 spiro atoms. The number of allylic oxidation sites excluding steroid dienone is 4. The van der Waals surface area contributed by atoms with Gasteiger partial charge in [0.15, 0.2) is 0 Å². The Kier molecular flexibility index (Phi) is 6.84. The third kappa shape index (κ3) is 5.56. The minimum Gasteiger partial charge on any atom is -0.399 e. The molecule has 3 N–H and O–H groups in total. The Hall–Kier alpha value is -4.82. The Morgan fingerprint density at radius 1 is 0.590 bits per heavy atom. The van der Waals surface area contributed by atoms with Gasteiger partial charge in [0.1, 0.15) is 0 Å². The monoisotopic (exact) mass is 504 g/mol. The molecule has 0 saturated heterocycles. The molecule has 0 bridgehead atoms. The summed E-state index contributed by atoms with van der Waals surface area (Å²) in [5.41, 5.74) is 18.6. The summed E-state index contributed by atoms with van der Waals surface area (Å²) < 4.78 is 0. The van der Waals surface area contributed by atoms with E-state index in [2.05, 4.69) is 140 Å². The van der Waals surface area contributed by atoms with Crippen LogP contribution in [0.4, 0.5) is 11.4 Å². The van der Waals surface area contributed by atoms with Gasteiger partial charge in [0, 0.05) is 22.6 Å². The average Bonchev–Trinajstić information content (AvgIpc) is 2.98. The summed E-state index contributed by atoms with van der Waals surface area (Å²) in [5, 5.41) is 3.75. The highest BCUT2D eigenvalue weighted by Crippen LogP contribution is 2.37. The second-order valence-electron chi connectivity index (χ2n) is 10.3. The summed E-state index contributed by atoms with van der Waals surface area (Å²) >= 11 is 0. The highest BCUT2D eigenvalue weighted by atomic mass is 14.9. The zero-order chi connectivity index (χ0) is 26.6. The third-order valence-corrected chi connectivity index (χ3v) is 7.31. The Morgan fingerprint density at radius 2 is 1.15 bits per heavy atom. The first-order valence-electron chi connectivity index (χ1n) is 13.5. The van der Waals surface area contributed by atoms with E-state index in [1.807, 2.05) is 12.1 Å². The maximum absolute atomic E-state index is 5.95. The Labute approximate surface area is 231 Å². The van der Waals surface area contributed by atoms with Gasteiger partial charge in [0.05, 0.1) is 0 Å². The molecule has 2 nitrogen and oxygen atoms in total. The molecule has 6 rings (SSSR count). The number of rotatable bonds is 6. The van der Waals surface area contributed by atoms with Crippen LogP contribution in [-0.2, 0) is 0 Å². The highest BCUT2D eigenvalue weighted by molar-refractivity contribution is 5.86. The van der Waals surface area contributed by atoms with Crippen molar-refractivity contribution in [2.24, 2.45) is 5.92 Å². The molecule has 0 radical (unpaired) electrons. The van der Waals surface area contributed by atoms with Crippen LogP contribution in [0.25, 0.3) is 44.5 Å². The molecule has 0 heterocycles. The Balaban J connectivity index is 1.44. The minimum atomic E-state index is 0.523. The van der Waals surface area contributed by atoms with Crippen molar-refractivity contribution < 1.29 is 0 Å². The second kappa shape index (κ2) is 10.9. The fourth-order valence-corrected chi connectivity index (χ4v) is 5.23. The molecule has 5 aromatic rings. The van der Waals surface area contributed by atoms with Crippen LogP contribution in [0.1, 0.15) is 13.3 Å². The number of nitrogen functional groups attached to an aromatic ring is 1. The number of hydrogen-bond acceptors (Lipinski definition) is 2. The first kappa shape index (κ1) is 24.5. The van der Waals surface area contributed by atoms with E-state index in [9.17, 15) is 0 Å². The standard InChI is InChI=1S/C37H32N2/c1-26-8-5-15-35(22-26)39-37-21-18-32(31-13-6-11-29(23-31)27-9-3-2-4-10-27)25-36(37)33-14-7-12-30(24-33)28-16-19-34(38)20-17-28/h2-21,23-26,39H,22,38H2,1H3. The molecule has 0 amide bonds. The van der Waals surface area contributed by atoms with Crippen LogP contribution in [0.5, 0.6) is 0 Å². The molecule has 1 aliphatic carbocycles. The maximum atomic E-state index is 5.95. The van der Waals surface area contributed by atoms with Crippen LogP contribution in [0, 0.1) is 5.92 Å². The van der Waals surface area contributed by atoms with Crippen molar-refractivity contribution in [1.29, 1.82) is 0 Å². The lowest BCUT2D eigenvalue weighted by molar-refractivity contribution is 0.710. The third-order valence-electron chi connectivity index (χ3n) is 7.31. The van der Waals surface area contributed by atoms with Gasteiger partial charge in [-0.05, 0) is 93.8 Å². The smallest absolute Gasteiger partial charge is 0.0461 e. The molecule has 1 unspecified atom stereocenters. The molecule has 5 aromatic carbocycles. The van der Waals surface area contributed by atoms with Gasteiger partial charge in [-0.3, -0.25) is 0 Å². The van der Waals surface area contributed by atoms with Crippen LogP contribution >= 0.6 is 0 Å². The molecule has 0 saturated carbocycles. The van der Waals surface area contributed by atoms with E-state index >= 15 is 0 Å². The maximum Gasteiger partial charge on any atom is 0.0461 e. The molecule has 0 aromatic heterocycles. The molecule has 0 fully saturated rings. The van der Waals surface area contributed by atoms with Crippen molar-refractivity contribution in [2.45, 2.75) is 13.3 Å². The van der Waals surface area contributed by atoms with Crippen molar-refractivity contribution in [3.05, 3.63) is 145 Å². The zero-order valence-electron chi connectivity index (χ0n) is 22.1. The summed E-state index contributed by atoms with van der Waals surface area (Å²) in [6, 6.07) is 43.0. The van der Waals surface area contributed by atoms with Gasteiger partial charge in [-0.25, -0.2) is 0 Å². The molecule has 190 valence electrons. The average molecular weight is 505 g/mol. The fourth-order valence-electron chi connectivity index (χ4n) is 5.23.